The second-order valence-corrected chi connectivity index (χ2v) is 19.8. The fraction of sp³-hybridized carbons (Fsp3) is 0.167. The normalized spacial score (nSPS) is 11.9. The SMILES string of the molecule is CC(C)c1cc(-c2[c-]cccc2)ncc1[Si](C)(C)C.CC(c1ccccc1)c1ccnc(-c2[c-]ccc3c2oc2cc(-c4ccccc4)ccc23)c1.[Ir]. The third-order valence-electron chi connectivity index (χ3n) is 9.73. The van der Waals surface area contributed by atoms with E-state index in [-0.39, 0.29) is 26.0 Å². The summed E-state index contributed by atoms with van der Waals surface area (Å²) < 4.78 is 6.41. The van der Waals surface area contributed by atoms with E-state index in [1.807, 2.05) is 36.5 Å². The third kappa shape index (κ3) is 8.34. The molecule has 5 heteroatoms. The molecule has 0 fully saturated rings. The van der Waals surface area contributed by atoms with Crippen LogP contribution < -0.4 is 5.19 Å². The molecule has 0 spiro atoms. The molecule has 8 aromatic rings. The van der Waals surface area contributed by atoms with Gasteiger partial charge in [-0.25, -0.2) is 0 Å². The van der Waals surface area contributed by atoms with E-state index in [1.165, 1.54) is 27.4 Å². The number of fused-ring (bicyclic) bond motifs is 3. The second kappa shape index (κ2) is 16.4. The monoisotopic (exact) mass is 885 g/mol. The Morgan fingerprint density at radius 3 is 2.06 bits per heavy atom. The standard InChI is InChI=1S/C31H22NO.C17H22NSi.Ir/c1-21(22-9-4-2-5-10-22)24-17-18-32-29(19-24)28-14-8-13-27-26-16-15-25(20-30(26)33-31(27)28)23-11-6-3-7-12-23;1-13(2)15-11-16(14-9-7-6-8-10-14)18-12-17(15)19(3,4)5;/h2-13,15-21H,1H3;6-9,11-13H,1-5H3;/q2*-1;. The average molecular weight is 885 g/mol. The van der Waals surface area contributed by atoms with Gasteiger partial charge in [-0.05, 0) is 56.9 Å². The van der Waals surface area contributed by atoms with Gasteiger partial charge < -0.3 is 14.4 Å². The van der Waals surface area contributed by atoms with Crippen molar-refractivity contribution in [1.29, 1.82) is 0 Å². The van der Waals surface area contributed by atoms with Gasteiger partial charge in [0.05, 0.1) is 13.7 Å². The maximum atomic E-state index is 6.41. The molecule has 3 aromatic heterocycles. The molecule has 3 nitrogen and oxygen atoms in total. The first-order chi connectivity index (χ1) is 25.2. The molecule has 1 radical (unpaired) electrons. The van der Waals surface area contributed by atoms with E-state index in [1.54, 1.807) is 0 Å². The van der Waals surface area contributed by atoms with E-state index >= 15 is 0 Å². The van der Waals surface area contributed by atoms with Crippen LogP contribution in [0.5, 0.6) is 0 Å². The van der Waals surface area contributed by atoms with Gasteiger partial charge in [0.2, 0.25) is 0 Å². The second-order valence-electron chi connectivity index (χ2n) is 14.7. The van der Waals surface area contributed by atoms with Crippen LogP contribution in [0.1, 0.15) is 49.3 Å². The molecule has 1 unspecified atom stereocenters. The molecule has 3 heterocycles. The Hall–Kier alpha value is -4.93. The summed E-state index contributed by atoms with van der Waals surface area (Å²) >= 11 is 0. The van der Waals surface area contributed by atoms with Crippen molar-refractivity contribution < 1.29 is 24.5 Å². The molecule has 53 heavy (non-hydrogen) atoms. The van der Waals surface area contributed by atoms with Crippen molar-refractivity contribution in [2.45, 2.75) is 52.2 Å². The van der Waals surface area contributed by atoms with E-state index < -0.39 is 8.07 Å². The van der Waals surface area contributed by atoms with Crippen molar-refractivity contribution in [2.75, 3.05) is 0 Å². The van der Waals surface area contributed by atoms with E-state index in [9.17, 15) is 0 Å². The molecule has 0 bridgehead atoms. The number of benzene rings is 5. The van der Waals surface area contributed by atoms with Gasteiger partial charge >= 0.3 is 0 Å². The van der Waals surface area contributed by atoms with E-state index in [0.29, 0.717) is 5.92 Å². The summed E-state index contributed by atoms with van der Waals surface area (Å²) in [6.07, 6.45) is 3.98. The molecule has 0 amide bonds. The number of pyridine rings is 2. The zero-order chi connectivity index (χ0) is 36.2. The molecule has 0 aliphatic carbocycles. The molecule has 0 aliphatic heterocycles. The molecule has 5 aromatic carbocycles. The van der Waals surface area contributed by atoms with Crippen LogP contribution in [0.3, 0.4) is 0 Å². The van der Waals surface area contributed by atoms with Gasteiger partial charge in [0.25, 0.3) is 0 Å². The number of hydrogen-bond acceptors (Lipinski definition) is 3. The quantitative estimate of drug-likeness (QED) is 0.118. The van der Waals surface area contributed by atoms with Crippen molar-refractivity contribution in [3.8, 4) is 33.6 Å². The van der Waals surface area contributed by atoms with Gasteiger partial charge in [0.15, 0.2) is 0 Å². The zero-order valence-electron chi connectivity index (χ0n) is 31.1. The molecule has 0 saturated heterocycles. The van der Waals surface area contributed by atoms with Crippen molar-refractivity contribution in [3.63, 3.8) is 0 Å². The first-order valence-electron chi connectivity index (χ1n) is 18.1. The molecule has 0 saturated carbocycles. The molecule has 0 aliphatic rings. The topological polar surface area (TPSA) is 38.9 Å². The Labute approximate surface area is 328 Å². The largest absolute Gasteiger partial charge is 0.501 e. The summed E-state index contributed by atoms with van der Waals surface area (Å²) in [4.78, 5) is 9.34. The summed E-state index contributed by atoms with van der Waals surface area (Å²) in [5.41, 5.74) is 11.9. The average Bonchev–Trinajstić information content (AvgIpc) is 3.56. The number of hydrogen-bond donors (Lipinski definition) is 0. The molecule has 267 valence electrons. The maximum Gasteiger partial charge on any atom is 0.121 e. The maximum absolute atomic E-state index is 6.41. The summed E-state index contributed by atoms with van der Waals surface area (Å²) in [7, 11) is -1.34. The summed E-state index contributed by atoms with van der Waals surface area (Å²) in [5, 5.41) is 3.66. The van der Waals surface area contributed by atoms with Crippen molar-refractivity contribution >= 4 is 35.2 Å². The fourth-order valence-corrected chi connectivity index (χ4v) is 8.48. The minimum Gasteiger partial charge on any atom is -0.501 e. The number of nitrogens with zero attached hydrogens (tertiary/aromatic N) is 2. The van der Waals surface area contributed by atoms with E-state index in [4.69, 9.17) is 4.42 Å². The summed E-state index contributed by atoms with van der Waals surface area (Å²) in [6.45, 7) is 13.9. The first kappa shape index (κ1) is 37.8. The summed E-state index contributed by atoms with van der Waals surface area (Å²) in [6, 6.07) is 52.6. The van der Waals surface area contributed by atoms with Gasteiger partial charge in [-0.3, -0.25) is 0 Å². The molecular formula is C48H44IrN2OSi-2. The first-order valence-corrected chi connectivity index (χ1v) is 21.6. The van der Waals surface area contributed by atoms with Crippen molar-refractivity contribution in [3.05, 3.63) is 175 Å². The number of rotatable bonds is 7. The van der Waals surface area contributed by atoms with Crippen LogP contribution in [-0.2, 0) is 20.1 Å². The molecular weight excluding hydrogens is 841 g/mol. The van der Waals surface area contributed by atoms with E-state index in [2.05, 4.69) is 172 Å². The van der Waals surface area contributed by atoms with Crippen molar-refractivity contribution in [2.24, 2.45) is 0 Å². The third-order valence-corrected chi connectivity index (χ3v) is 11.8. The van der Waals surface area contributed by atoms with Crippen LogP contribution in [0, 0.1) is 12.1 Å². The smallest absolute Gasteiger partial charge is 0.121 e. The van der Waals surface area contributed by atoms with Crippen LogP contribution in [0.25, 0.3) is 55.6 Å². The number of furan rings is 1. The Morgan fingerprint density at radius 1 is 0.623 bits per heavy atom. The minimum absolute atomic E-state index is 0. The summed E-state index contributed by atoms with van der Waals surface area (Å²) in [5.74, 6) is 0.809. The Morgan fingerprint density at radius 2 is 1.36 bits per heavy atom. The van der Waals surface area contributed by atoms with E-state index in [0.717, 1.165) is 50.0 Å². The fourth-order valence-electron chi connectivity index (χ4n) is 6.80. The van der Waals surface area contributed by atoms with Crippen LogP contribution in [0.2, 0.25) is 19.6 Å². The predicted molar refractivity (Wildman–Crippen MR) is 221 cm³/mol. The van der Waals surface area contributed by atoms with Crippen LogP contribution in [0.15, 0.2) is 150 Å². The Bertz CT molecular complexity index is 2430. The van der Waals surface area contributed by atoms with Crippen LogP contribution >= 0.6 is 0 Å². The van der Waals surface area contributed by atoms with Crippen LogP contribution in [0.4, 0.5) is 0 Å². The molecule has 1 atom stereocenters. The molecule has 0 N–H and O–H groups in total. The Kier molecular flexibility index (Phi) is 11.7. The zero-order valence-corrected chi connectivity index (χ0v) is 34.5. The van der Waals surface area contributed by atoms with Gasteiger partial charge in [-0.15, -0.1) is 54.1 Å². The van der Waals surface area contributed by atoms with Crippen LogP contribution in [-0.4, -0.2) is 18.0 Å². The van der Waals surface area contributed by atoms with Crippen molar-refractivity contribution in [1.82, 2.24) is 9.97 Å². The van der Waals surface area contributed by atoms with Gasteiger partial charge in [0, 0.05) is 43.8 Å². The van der Waals surface area contributed by atoms with Gasteiger partial charge in [-0.1, -0.05) is 142 Å². The van der Waals surface area contributed by atoms with Gasteiger partial charge in [0.1, 0.15) is 5.58 Å². The number of aromatic nitrogens is 2. The predicted octanol–water partition coefficient (Wildman–Crippen LogP) is 12.5. The Balaban J connectivity index is 0.000000206. The minimum atomic E-state index is -1.34. The van der Waals surface area contributed by atoms with Gasteiger partial charge in [-0.2, -0.15) is 0 Å². The molecule has 8 rings (SSSR count).